The van der Waals surface area contributed by atoms with Crippen LogP contribution in [0.1, 0.15) is 43.9 Å². The molecule has 0 saturated heterocycles. The largest absolute Gasteiger partial charge is 0.352 e. The summed E-state index contributed by atoms with van der Waals surface area (Å²) in [5, 5.41) is 2.92. The van der Waals surface area contributed by atoms with Gasteiger partial charge in [0.05, 0.1) is 11.9 Å². The van der Waals surface area contributed by atoms with Gasteiger partial charge in [0.25, 0.3) is 0 Å². The molecule has 2 atom stereocenters. The molecule has 180 valence electrons. The number of hydrogen-bond acceptors (Lipinski definition) is 4. The first-order chi connectivity index (χ1) is 15.4. The molecule has 1 N–H and O–H groups in total. The molecule has 0 aromatic heterocycles. The van der Waals surface area contributed by atoms with Gasteiger partial charge in [-0.1, -0.05) is 54.4 Å². The Labute approximate surface area is 197 Å². The molecule has 2 rings (SSSR count). The van der Waals surface area contributed by atoms with Gasteiger partial charge in [0.15, 0.2) is 0 Å². The summed E-state index contributed by atoms with van der Waals surface area (Å²) in [5.74, 6) is -0.721. The monoisotopic (exact) mass is 473 g/mol. The van der Waals surface area contributed by atoms with Gasteiger partial charge in [-0.05, 0) is 51.8 Å². The highest BCUT2D eigenvalue weighted by molar-refractivity contribution is 7.92. The summed E-state index contributed by atoms with van der Waals surface area (Å²) in [6.07, 6.45) is 1.84. The average Bonchev–Trinajstić information content (AvgIpc) is 2.75. The molecule has 0 bridgehead atoms. The van der Waals surface area contributed by atoms with Crippen molar-refractivity contribution in [2.45, 2.75) is 59.7 Å². The lowest BCUT2D eigenvalue weighted by molar-refractivity contribution is -0.139. The molecule has 2 aromatic rings. The number of amides is 2. The number of nitrogens with zero attached hydrogens (tertiary/aromatic N) is 2. The first-order valence-electron chi connectivity index (χ1n) is 11.1. The Morgan fingerprint density at radius 2 is 1.64 bits per heavy atom. The van der Waals surface area contributed by atoms with Crippen LogP contribution in [0.5, 0.6) is 0 Å². The number of nitrogens with one attached hydrogen (secondary N) is 1. The van der Waals surface area contributed by atoms with Crippen LogP contribution in [0.3, 0.4) is 0 Å². The Hall–Kier alpha value is -2.87. The Kier molecular flexibility index (Phi) is 9.05. The van der Waals surface area contributed by atoms with Crippen LogP contribution in [0.15, 0.2) is 48.5 Å². The van der Waals surface area contributed by atoms with Crippen molar-refractivity contribution in [1.29, 1.82) is 0 Å². The van der Waals surface area contributed by atoms with Gasteiger partial charge < -0.3 is 10.2 Å². The Balaban J connectivity index is 2.37. The molecule has 0 radical (unpaired) electrons. The summed E-state index contributed by atoms with van der Waals surface area (Å²) in [5.41, 5.74) is 3.29. The van der Waals surface area contributed by atoms with Crippen LogP contribution in [0.25, 0.3) is 0 Å². The van der Waals surface area contributed by atoms with E-state index in [4.69, 9.17) is 0 Å². The Bertz CT molecular complexity index is 1070. The van der Waals surface area contributed by atoms with Crippen molar-refractivity contribution in [3.63, 3.8) is 0 Å². The summed E-state index contributed by atoms with van der Waals surface area (Å²) >= 11 is 0. The van der Waals surface area contributed by atoms with Crippen LogP contribution in [0.2, 0.25) is 0 Å². The number of aryl methyl sites for hydroxylation is 2. The van der Waals surface area contributed by atoms with E-state index in [0.717, 1.165) is 33.7 Å². The summed E-state index contributed by atoms with van der Waals surface area (Å²) in [6.45, 7) is 9.20. The fourth-order valence-electron chi connectivity index (χ4n) is 3.38. The molecule has 0 heterocycles. The maximum atomic E-state index is 13.5. The molecule has 8 heteroatoms. The topological polar surface area (TPSA) is 86.8 Å². The highest BCUT2D eigenvalue weighted by Crippen LogP contribution is 2.20. The molecular formula is C25H35N3O4S. The summed E-state index contributed by atoms with van der Waals surface area (Å²) < 4.78 is 26.2. The molecule has 0 aliphatic rings. The highest BCUT2D eigenvalue weighted by Gasteiger charge is 2.30. The van der Waals surface area contributed by atoms with E-state index in [1.807, 2.05) is 52.0 Å². The SMILES string of the molecule is CCC(C)NC(=O)C(C)N(Cc1cccc(C)c1)C(=O)CN(c1ccc(C)cc1)S(C)(=O)=O. The van der Waals surface area contributed by atoms with E-state index in [0.29, 0.717) is 5.69 Å². The van der Waals surface area contributed by atoms with Crippen LogP contribution < -0.4 is 9.62 Å². The third-order valence-electron chi connectivity index (χ3n) is 5.60. The van der Waals surface area contributed by atoms with E-state index in [1.54, 1.807) is 31.2 Å². The van der Waals surface area contributed by atoms with Crippen LogP contribution in [0, 0.1) is 13.8 Å². The number of carbonyl (C=O) groups is 2. The van der Waals surface area contributed by atoms with Crippen molar-refractivity contribution in [2.75, 3.05) is 17.1 Å². The van der Waals surface area contributed by atoms with Gasteiger partial charge >= 0.3 is 0 Å². The molecule has 2 amide bonds. The van der Waals surface area contributed by atoms with Crippen molar-refractivity contribution in [3.05, 3.63) is 65.2 Å². The number of benzene rings is 2. The van der Waals surface area contributed by atoms with Gasteiger partial charge in [-0.3, -0.25) is 13.9 Å². The van der Waals surface area contributed by atoms with Crippen LogP contribution in [-0.4, -0.2) is 50.0 Å². The normalized spacial score (nSPS) is 13.2. The van der Waals surface area contributed by atoms with Gasteiger partial charge in [0.1, 0.15) is 12.6 Å². The minimum Gasteiger partial charge on any atom is -0.352 e. The van der Waals surface area contributed by atoms with E-state index in [2.05, 4.69) is 5.32 Å². The van der Waals surface area contributed by atoms with Gasteiger partial charge in [-0.2, -0.15) is 0 Å². The van der Waals surface area contributed by atoms with Crippen LogP contribution in [0.4, 0.5) is 5.69 Å². The zero-order valence-electron chi connectivity index (χ0n) is 20.3. The van der Waals surface area contributed by atoms with Crippen molar-refractivity contribution in [3.8, 4) is 0 Å². The predicted octanol–water partition coefficient (Wildman–Crippen LogP) is 3.40. The summed E-state index contributed by atoms with van der Waals surface area (Å²) in [7, 11) is -3.72. The molecule has 0 spiro atoms. The van der Waals surface area contributed by atoms with Gasteiger partial charge in [0, 0.05) is 12.6 Å². The molecular weight excluding hydrogens is 438 g/mol. The zero-order valence-corrected chi connectivity index (χ0v) is 21.1. The zero-order chi connectivity index (χ0) is 24.8. The van der Waals surface area contributed by atoms with Crippen LogP contribution >= 0.6 is 0 Å². The maximum Gasteiger partial charge on any atom is 0.244 e. The third kappa shape index (κ3) is 7.60. The fraction of sp³-hybridized carbons (Fsp3) is 0.440. The quantitative estimate of drug-likeness (QED) is 0.573. The molecule has 0 fully saturated rings. The Morgan fingerprint density at radius 1 is 1.00 bits per heavy atom. The van der Waals surface area contributed by atoms with E-state index in [9.17, 15) is 18.0 Å². The molecule has 0 aliphatic carbocycles. The lowest BCUT2D eigenvalue weighted by Crippen LogP contribution is -2.52. The molecule has 2 aromatic carbocycles. The second-order valence-corrected chi connectivity index (χ2v) is 10.5. The summed E-state index contributed by atoms with van der Waals surface area (Å²) in [4.78, 5) is 27.8. The first kappa shape index (κ1) is 26.4. The predicted molar refractivity (Wildman–Crippen MR) is 132 cm³/mol. The number of hydrogen-bond donors (Lipinski definition) is 1. The van der Waals surface area contributed by atoms with Gasteiger partial charge in [0.2, 0.25) is 21.8 Å². The Morgan fingerprint density at radius 3 is 2.18 bits per heavy atom. The van der Waals surface area contributed by atoms with Crippen LogP contribution in [-0.2, 0) is 26.2 Å². The van der Waals surface area contributed by atoms with Gasteiger partial charge in [-0.15, -0.1) is 0 Å². The highest BCUT2D eigenvalue weighted by atomic mass is 32.2. The second-order valence-electron chi connectivity index (χ2n) is 8.61. The number of anilines is 1. The summed E-state index contributed by atoms with van der Waals surface area (Å²) in [6, 6.07) is 13.8. The van der Waals surface area contributed by atoms with Crippen molar-refractivity contribution in [1.82, 2.24) is 10.2 Å². The number of rotatable bonds is 10. The lowest BCUT2D eigenvalue weighted by Gasteiger charge is -2.32. The number of carbonyl (C=O) groups excluding carboxylic acids is 2. The molecule has 33 heavy (non-hydrogen) atoms. The third-order valence-corrected chi connectivity index (χ3v) is 6.75. The van der Waals surface area contributed by atoms with E-state index >= 15 is 0 Å². The number of sulfonamides is 1. The van der Waals surface area contributed by atoms with Crippen molar-refractivity contribution in [2.24, 2.45) is 0 Å². The molecule has 0 saturated carbocycles. The van der Waals surface area contributed by atoms with E-state index in [1.165, 1.54) is 4.90 Å². The minimum atomic E-state index is -3.72. The van der Waals surface area contributed by atoms with Gasteiger partial charge in [-0.25, -0.2) is 8.42 Å². The van der Waals surface area contributed by atoms with E-state index in [-0.39, 0.29) is 18.5 Å². The average molecular weight is 474 g/mol. The van der Waals surface area contributed by atoms with Crippen molar-refractivity contribution < 1.29 is 18.0 Å². The smallest absolute Gasteiger partial charge is 0.244 e. The standard InChI is InChI=1S/C25H35N3O4S/c1-7-20(4)26-25(30)21(5)27(16-22-10-8-9-19(3)15-22)24(29)17-28(33(6,31)32)23-13-11-18(2)12-14-23/h8-15,20-21H,7,16-17H2,1-6H3,(H,26,30). The lowest BCUT2D eigenvalue weighted by atomic mass is 10.1. The maximum absolute atomic E-state index is 13.5. The first-order valence-corrected chi connectivity index (χ1v) is 13.0. The minimum absolute atomic E-state index is 0.0315. The van der Waals surface area contributed by atoms with Crippen molar-refractivity contribution >= 4 is 27.5 Å². The second kappa shape index (κ2) is 11.3. The fourth-order valence-corrected chi connectivity index (χ4v) is 4.23. The molecule has 7 nitrogen and oxygen atoms in total. The van der Waals surface area contributed by atoms with E-state index < -0.39 is 28.5 Å². The molecule has 0 aliphatic heterocycles. The molecule has 2 unspecified atom stereocenters.